The molecule has 0 fully saturated rings. The lowest BCUT2D eigenvalue weighted by Gasteiger charge is -2.41. The standard InChI is InChI=1S/C17H17Cl2FN4O2/c1-7-6-26-14-8(11-9(18)5-21-16(19)23-11)4-10(20)12-13(14)24(7)15(22-12)17(2,3)25/h4-5,7,15,22,25H,6H2,1-3H3. The highest BCUT2D eigenvalue weighted by molar-refractivity contribution is 6.33. The van der Waals surface area contributed by atoms with Crippen molar-refractivity contribution in [1.82, 2.24) is 9.97 Å². The molecule has 0 saturated heterocycles. The van der Waals surface area contributed by atoms with Gasteiger partial charge in [0, 0.05) is 5.56 Å². The molecule has 1 aromatic carbocycles. The molecule has 2 aliphatic rings. The quantitative estimate of drug-likeness (QED) is 0.751. The summed E-state index contributed by atoms with van der Waals surface area (Å²) in [4.78, 5) is 9.92. The van der Waals surface area contributed by atoms with Gasteiger partial charge >= 0.3 is 0 Å². The Balaban J connectivity index is 1.97. The number of nitrogens with zero attached hydrogens (tertiary/aromatic N) is 3. The van der Waals surface area contributed by atoms with Gasteiger partial charge in [-0.15, -0.1) is 0 Å². The molecule has 2 atom stereocenters. The summed E-state index contributed by atoms with van der Waals surface area (Å²) in [5, 5.41) is 13.9. The van der Waals surface area contributed by atoms with Crippen LogP contribution in [0.1, 0.15) is 20.8 Å². The normalized spacial score (nSPS) is 21.3. The fourth-order valence-electron chi connectivity index (χ4n) is 3.47. The molecule has 9 heteroatoms. The van der Waals surface area contributed by atoms with Gasteiger partial charge in [0.05, 0.1) is 34.2 Å². The number of anilines is 2. The number of hydrogen-bond donors (Lipinski definition) is 2. The summed E-state index contributed by atoms with van der Waals surface area (Å²) in [5.41, 5.74) is 0.426. The van der Waals surface area contributed by atoms with E-state index in [2.05, 4.69) is 15.3 Å². The second kappa shape index (κ2) is 5.84. The summed E-state index contributed by atoms with van der Waals surface area (Å²) in [6.45, 7) is 5.68. The van der Waals surface area contributed by atoms with Crippen molar-refractivity contribution in [1.29, 1.82) is 0 Å². The smallest absolute Gasteiger partial charge is 0.222 e. The largest absolute Gasteiger partial charge is 0.488 e. The van der Waals surface area contributed by atoms with E-state index in [4.69, 9.17) is 27.9 Å². The Morgan fingerprint density at radius 1 is 1.42 bits per heavy atom. The van der Waals surface area contributed by atoms with Crippen LogP contribution in [-0.2, 0) is 0 Å². The van der Waals surface area contributed by atoms with Crippen molar-refractivity contribution in [2.24, 2.45) is 0 Å². The Bertz CT molecular complexity index is 903. The Hall–Kier alpha value is -1.83. The summed E-state index contributed by atoms with van der Waals surface area (Å²) in [5.74, 6) is -0.0329. The summed E-state index contributed by atoms with van der Waals surface area (Å²) in [6, 6.07) is 1.25. The van der Waals surface area contributed by atoms with Crippen molar-refractivity contribution in [2.45, 2.75) is 38.6 Å². The fourth-order valence-corrected chi connectivity index (χ4v) is 3.80. The highest BCUT2D eigenvalue weighted by Gasteiger charge is 2.46. The number of benzene rings is 1. The molecule has 138 valence electrons. The zero-order valence-electron chi connectivity index (χ0n) is 14.3. The average molecular weight is 399 g/mol. The fraction of sp³-hybridized carbons (Fsp3) is 0.412. The summed E-state index contributed by atoms with van der Waals surface area (Å²) >= 11 is 12.1. The predicted octanol–water partition coefficient (Wildman–Crippen LogP) is 3.70. The Morgan fingerprint density at radius 2 is 2.15 bits per heavy atom. The molecule has 0 saturated carbocycles. The maximum Gasteiger partial charge on any atom is 0.222 e. The first-order chi connectivity index (χ1) is 12.2. The van der Waals surface area contributed by atoms with Crippen LogP contribution in [0, 0.1) is 5.82 Å². The number of rotatable bonds is 2. The number of nitrogens with one attached hydrogen (secondary N) is 1. The molecular weight excluding hydrogens is 382 g/mol. The molecule has 2 aromatic rings. The molecule has 4 rings (SSSR count). The zero-order chi connectivity index (χ0) is 18.8. The van der Waals surface area contributed by atoms with E-state index in [0.717, 1.165) is 0 Å². The lowest BCUT2D eigenvalue weighted by molar-refractivity contribution is 0.0545. The first-order valence-corrected chi connectivity index (χ1v) is 8.89. The average Bonchev–Trinajstić information content (AvgIpc) is 2.98. The highest BCUT2D eigenvalue weighted by Crippen LogP contribution is 2.53. The molecule has 3 heterocycles. The lowest BCUT2D eigenvalue weighted by atomic mass is 10.0. The van der Waals surface area contributed by atoms with Gasteiger partial charge in [0.15, 0.2) is 5.75 Å². The predicted molar refractivity (Wildman–Crippen MR) is 98.6 cm³/mol. The van der Waals surface area contributed by atoms with Crippen molar-refractivity contribution in [3.63, 3.8) is 0 Å². The minimum Gasteiger partial charge on any atom is -0.488 e. The molecule has 2 unspecified atom stereocenters. The molecular formula is C17H17Cl2FN4O2. The van der Waals surface area contributed by atoms with Crippen LogP contribution in [0.4, 0.5) is 15.8 Å². The van der Waals surface area contributed by atoms with E-state index in [9.17, 15) is 9.50 Å². The van der Waals surface area contributed by atoms with E-state index in [1.54, 1.807) is 13.8 Å². The van der Waals surface area contributed by atoms with Crippen LogP contribution in [-0.4, -0.2) is 39.5 Å². The van der Waals surface area contributed by atoms with E-state index in [1.807, 2.05) is 11.8 Å². The Morgan fingerprint density at radius 3 is 2.85 bits per heavy atom. The lowest BCUT2D eigenvalue weighted by Crippen LogP contribution is -2.56. The van der Waals surface area contributed by atoms with Crippen LogP contribution < -0.4 is 15.0 Å². The van der Waals surface area contributed by atoms with Crippen LogP contribution in [0.15, 0.2) is 12.3 Å². The van der Waals surface area contributed by atoms with Gasteiger partial charge in [-0.1, -0.05) is 11.6 Å². The Kier molecular flexibility index (Phi) is 3.95. The van der Waals surface area contributed by atoms with Crippen LogP contribution in [0.25, 0.3) is 11.3 Å². The van der Waals surface area contributed by atoms with Gasteiger partial charge < -0.3 is 20.1 Å². The summed E-state index contributed by atoms with van der Waals surface area (Å²) in [6.07, 6.45) is 0.870. The third kappa shape index (κ3) is 2.57. The van der Waals surface area contributed by atoms with Gasteiger partial charge in [0.2, 0.25) is 5.28 Å². The van der Waals surface area contributed by atoms with Crippen molar-refractivity contribution in [3.8, 4) is 17.0 Å². The van der Waals surface area contributed by atoms with Gasteiger partial charge in [-0.2, -0.15) is 0 Å². The number of aromatic nitrogens is 2. The zero-order valence-corrected chi connectivity index (χ0v) is 15.9. The Labute approximate surface area is 159 Å². The number of ether oxygens (including phenoxy) is 1. The molecule has 0 bridgehead atoms. The SMILES string of the molecule is CC1COc2c(-c3nc(Cl)ncc3Cl)cc(F)c3c2N1C(C(C)(C)O)N3. The van der Waals surface area contributed by atoms with Crippen molar-refractivity contribution in [3.05, 3.63) is 28.4 Å². The van der Waals surface area contributed by atoms with Crippen LogP contribution in [0.3, 0.4) is 0 Å². The van der Waals surface area contributed by atoms with E-state index in [1.165, 1.54) is 12.3 Å². The second-order valence-electron chi connectivity index (χ2n) is 7.06. The van der Waals surface area contributed by atoms with Gasteiger partial charge in [0.1, 0.15) is 24.3 Å². The molecule has 2 N–H and O–H groups in total. The molecule has 2 aliphatic heterocycles. The molecule has 26 heavy (non-hydrogen) atoms. The molecule has 0 aliphatic carbocycles. The van der Waals surface area contributed by atoms with Gasteiger partial charge in [-0.25, -0.2) is 14.4 Å². The van der Waals surface area contributed by atoms with Gasteiger partial charge in [0.25, 0.3) is 0 Å². The molecule has 0 spiro atoms. The summed E-state index contributed by atoms with van der Waals surface area (Å²) < 4.78 is 20.9. The maximum absolute atomic E-state index is 14.9. The first-order valence-electron chi connectivity index (χ1n) is 8.13. The molecule has 6 nitrogen and oxygen atoms in total. The van der Waals surface area contributed by atoms with Crippen molar-refractivity contribution < 1.29 is 14.2 Å². The van der Waals surface area contributed by atoms with Crippen LogP contribution in [0.2, 0.25) is 10.3 Å². The minimum atomic E-state index is -1.11. The molecule has 1 aromatic heterocycles. The minimum absolute atomic E-state index is 0.00559. The van der Waals surface area contributed by atoms with Crippen molar-refractivity contribution in [2.75, 3.05) is 16.8 Å². The second-order valence-corrected chi connectivity index (χ2v) is 7.81. The molecule has 0 amide bonds. The van der Waals surface area contributed by atoms with Crippen LogP contribution in [0.5, 0.6) is 5.75 Å². The van der Waals surface area contributed by atoms with Gasteiger partial charge in [-0.3, -0.25) is 0 Å². The van der Waals surface area contributed by atoms with E-state index in [-0.39, 0.29) is 16.3 Å². The van der Waals surface area contributed by atoms with Gasteiger partial charge in [-0.05, 0) is 38.4 Å². The first kappa shape index (κ1) is 17.6. The number of hydrogen-bond acceptors (Lipinski definition) is 6. The van der Waals surface area contributed by atoms with E-state index < -0.39 is 17.6 Å². The number of halogens is 3. The van der Waals surface area contributed by atoms with E-state index >= 15 is 0 Å². The van der Waals surface area contributed by atoms with Crippen molar-refractivity contribution >= 4 is 34.6 Å². The maximum atomic E-state index is 14.9. The number of aliphatic hydroxyl groups is 1. The summed E-state index contributed by atoms with van der Waals surface area (Å²) in [7, 11) is 0. The highest BCUT2D eigenvalue weighted by atomic mass is 35.5. The van der Waals surface area contributed by atoms with Crippen LogP contribution >= 0.6 is 23.2 Å². The topological polar surface area (TPSA) is 70.5 Å². The van der Waals surface area contributed by atoms with E-state index in [0.29, 0.717) is 35.0 Å². The monoisotopic (exact) mass is 398 g/mol. The molecule has 0 radical (unpaired) electrons. The third-order valence-electron chi connectivity index (χ3n) is 4.61. The third-order valence-corrected chi connectivity index (χ3v) is 5.07.